The number of nitrogens with zero attached hydrogens (tertiary/aromatic N) is 2. The molecule has 92 valence electrons. The van der Waals surface area contributed by atoms with E-state index in [9.17, 15) is 4.79 Å². The van der Waals surface area contributed by atoms with E-state index in [-0.39, 0.29) is 5.97 Å². The lowest BCUT2D eigenvalue weighted by molar-refractivity contribution is -0.229. The molecule has 0 atom stereocenters. The van der Waals surface area contributed by atoms with Gasteiger partial charge in [0.2, 0.25) is 0 Å². The van der Waals surface area contributed by atoms with Gasteiger partial charge >= 0.3 is 5.97 Å². The number of carbonyl (C=O) groups excluding carboxylic acids is 1. The highest BCUT2D eigenvalue weighted by atomic mass is 16.7. The molecule has 0 spiro atoms. The first-order valence-electron chi connectivity index (χ1n) is 6.07. The molecule has 0 aromatic heterocycles. The summed E-state index contributed by atoms with van der Waals surface area (Å²) in [6.45, 7) is 7.35. The van der Waals surface area contributed by atoms with Crippen molar-refractivity contribution in [1.29, 1.82) is 0 Å². The molecule has 0 amide bonds. The van der Waals surface area contributed by atoms with E-state index in [0.717, 1.165) is 19.1 Å². The Hall–Kier alpha value is -0.610. The van der Waals surface area contributed by atoms with Gasteiger partial charge in [0.25, 0.3) is 0 Å². The summed E-state index contributed by atoms with van der Waals surface area (Å²) in [6, 6.07) is 1.35. The van der Waals surface area contributed by atoms with Crippen molar-refractivity contribution in [2.24, 2.45) is 5.41 Å². The lowest BCUT2D eigenvalue weighted by Crippen LogP contribution is -2.59. The zero-order valence-corrected chi connectivity index (χ0v) is 10.7. The van der Waals surface area contributed by atoms with Crippen LogP contribution in [0.1, 0.15) is 33.6 Å². The van der Waals surface area contributed by atoms with Gasteiger partial charge < -0.3 is 4.84 Å². The van der Waals surface area contributed by atoms with Crippen LogP contribution < -0.4 is 0 Å². The minimum Gasteiger partial charge on any atom is -0.367 e. The fourth-order valence-corrected chi connectivity index (χ4v) is 1.78. The fraction of sp³-hybridized carbons (Fsp3) is 0.917. The Balaban J connectivity index is 1.70. The highest BCUT2D eigenvalue weighted by molar-refractivity contribution is 5.75. The van der Waals surface area contributed by atoms with Crippen LogP contribution in [0.2, 0.25) is 0 Å². The third kappa shape index (κ3) is 2.55. The van der Waals surface area contributed by atoms with Crippen LogP contribution in [0.3, 0.4) is 0 Å². The molecule has 0 aromatic rings. The third-order valence-corrected chi connectivity index (χ3v) is 3.35. The first-order valence-corrected chi connectivity index (χ1v) is 6.07. The number of hydrogen-bond donors (Lipinski definition) is 0. The second-order valence-corrected chi connectivity index (χ2v) is 6.03. The van der Waals surface area contributed by atoms with Crippen molar-refractivity contribution in [3.8, 4) is 0 Å². The predicted molar refractivity (Wildman–Crippen MR) is 61.7 cm³/mol. The molecule has 0 N–H and O–H groups in total. The molecule has 4 heteroatoms. The van der Waals surface area contributed by atoms with Crippen molar-refractivity contribution in [2.45, 2.75) is 45.7 Å². The quantitative estimate of drug-likeness (QED) is 0.725. The van der Waals surface area contributed by atoms with Crippen LogP contribution in [0.4, 0.5) is 0 Å². The molecule has 1 aliphatic heterocycles. The number of carbonyl (C=O) groups is 1. The van der Waals surface area contributed by atoms with E-state index < -0.39 is 5.41 Å². The number of hydroxylamine groups is 2. The zero-order valence-electron chi connectivity index (χ0n) is 10.7. The standard InChI is InChI=1S/C12H22N2O2/c1-12(2,3)11(15)16-14-7-10(8-14)13(4)9-5-6-9/h9-10H,5-8H2,1-4H3. The van der Waals surface area contributed by atoms with E-state index in [1.165, 1.54) is 12.8 Å². The summed E-state index contributed by atoms with van der Waals surface area (Å²) in [6.07, 6.45) is 2.66. The van der Waals surface area contributed by atoms with Crippen molar-refractivity contribution in [3.05, 3.63) is 0 Å². The highest BCUT2D eigenvalue weighted by Crippen LogP contribution is 2.30. The van der Waals surface area contributed by atoms with Gasteiger partial charge in [-0.2, -0.15) is 0 Å². The van der Waals surface area contributed by atoms with Gasteiger partial charge in [0.1, 0.15) is 0 Å². The minimum atomic E-state index is -0.409. The largest absolute Gasteiger partial charge is 0.367 e. The van der Waals surface area contributed by atoms with Crippen molar-refractivity contribution in [1.82, 2.24) is 9.96 Å². The fourth-order valence-electron chi connectivity index (χ4n) is 1.78. The topological polar surface area (TPSA) is 32.8 Å². The number of hydrogen-bond acceptors (Lipinski definition) is 4. The summed E-state index contributed by atoms with van der Waals surface area (Å²) >= 11 is 0. The summed E-state index contributed by atoms with van der Waals surface area (Å²) < 4.78 is 0. The molecule has 2 rings (SSSR count). The van der Waals surface area contributed by atoms with Crippen LogP contribution in [0.15, 0.2) is 0 Å². The molecular formula is C12H22N2O2. The summed E-state index contributed by atoms with van der Waals surface area (Å²) in [7, 11) is 2.17. The summed E-state index contributed by atoms with van der Waals surface area (Å²) in [5.41, 5.74) is -0.409. The first-order chi connectivity index (χ1) is 7.38. The Morgan fingerprint density at radius 1 is 1.25 bits per heavy atom. The summed E-state index contributed by atoms with van der Waals surface area (Å²) in [4.78, 5) is 19.3. The van der Waals surface area contributed by atoms with Gasteiger partial charge in [0, 0.05) is 12.1 Å². The average molecular weight is 226 g/mol. The van der Waals surface area contributed by atoms with Crippen molar-refractivity contribution >= 4 is 5.97 Å². The molecule has 2 aliphatic rings. The predicted octanol–water partition coefficient (Wildman–Crippen LogP) is 1.27. The average Bonchev–Trinajstić information content (AvgIpc) is 2.89. The van der Waals surface area contributed by atoms with E-state index in [4.69, 9.17) is 4.84 Å². The molecule has 0 radical (unpaired) electrons. The second kappa shape index (κ2) is 4.00. The Kier molecular flexibility index (Phi) is 2.97. The van der Waals surface area contributed by atoms with Crippen molar-refractivity contribution in [2.75, 3.05) is 20.1 Å². The highest BCUT2D eigenvalue weighted by Gasteiger charge is 2.40. The lowest BCUT2D eigenvalue weighted by Gasteiger charge is -2.43. The van der Waals surface area contributed by atoms with Gasteiger partial charge in [-0.15, -0.1) is 5.06 Å². The molecule has 2 fully saturated rings. The molecule has 1 saturated carbocycles. The van der Waals surface area contributed by atoms with Gasteiger partial charge in [-0.25, -0.2) is 4.79 Å². The monoisotopic (exact) mass is 226 g/mol. The van der Waals surface area contributed by atoms with E-state index >= 15 is 0 Å². The van der Waals surface area contributed by atoms with Crippen molar-refractivity contribution in [3.63, 3.8) is 0 Å². The van der Waals surface area contributed by atoms with E-state index in [0.29, 0.717) is 6.04 Å². The van der Waals surface area contributed by atoms with Crippen LogP contribution in [0.25, 0.3) is 0 Å². The van der Waals surface area contributed by atoms with Gasteiger partial charge in [-0.1, -0.05) is 0 Å². The van der Waals surface area contributed by atoms with Crippen LogP contribution in [-0.4, -0.2) is 48.2 Å². The minimum absolute atomic E-state index is 0.139. The maximum absolute atomic E-state index is 11.6. The maximum Gasteiger partial charge on any atom is 0.330 e. The van der Waals surface area contributed by atoms with Crippen LogP contribution >= 0.6 is 0 Å². The van der Waals surface area contributed by atoms with Gasteiger partial charge in [0.15, 0.2) is 0 Å². The van der Waals surface area contributed by atoms with Gasteiger partial charge in [-0.05, 0) is 40.7 Å². The van der Waals surface area contributed by atoms with E-state index in [1.54, 1.807) is 5.06 Å². The Bertz CT molecular complexity index is 275. The molecule has 1 heterocycles. The van der Waals surface area contributed by atoms with E-state index in [1.807, 2.05) is 20.8 Å². The molecule has 4 nitrogen and oxygen atoms in total. The van der Waals surface area contributed by atoms with Crippen LogP contribution in [0.5, 0.6) is 0 Å². The van der Waals surface area contributed by atoms with Crippen LogP contribution in [0, 0.1) is 5.41 Å². The summed E-state index contributed by atoms with van der Waals surface area (Å²) in [5.74, 6) is -0.139. The van der Waals surface area contributed by atoms with Gasteiger partial charge in [0.05, 0.1) is 18.5 Å². The van der Waals surface area contributed by atoms with Gasteiger partial charge in [-0.3, -0.25) is 4.90 Å². The number of likely N-dealkylation sites (N-methyl/N-ethyl adjacent to an activating group) is 1. The van der Waals surface area contributed by atoms with E-state index in [2.05, 4.69) is 11.9 Å². The van der Waals surface area contributed by atoms with Crippen molar-refractivity contribution < 1.29 is 9.63 Å². The molecular weight excluding hydrogens is 204 g/mol. The maximum atomic E-state index is 11.6. The Morgan fingerprint density at radius 2 is 1.81 bits per heavy atom. The lowest BCUT2D eigenvalue weighted by atomic mass is 9.98. The summed E-state index contributed by atoms with van der Waals surface area (Å²) in [5, 5.41) is 1.77. The molecule has 0 unspecified atom stereocenters. The molecule has 0 bridgehead atoms. The zero-order chi connectivity index (χ0) is 11.9. The second-order valence-electron chi connectivity index (χ2n) is 6.03. The molecule has 1 saturated heterocycles. The van der Waals surface area contributed by atoms with Crippen LogP contribution in [-0.2, 0) is 9.63 Å². The molecule has 16 heavy (non-hydrogen) atoms. The third-order valence-electron chi connectivity index (χ3n) is 3.35. The SMILES string of the molecule is CN(C1CC1)C1CN(OC(=O)C(C)(C)C)C1. The Morgan fingerprint density at radius 3 is 2.25 bits per heavy atom. The number of rotatable bonds is 3. The molecule has 1 aliphatic carbocycles. The first kappa shape index (κ1) is 11.9. The Labute approximate surface area is 97.5 Å². The molecule has 0 aromatic carbocycles. The smallest absolute Gasteiger partial charge is 0.330 e. The normalized spacial score (nSPS) is 23.3.